The molecule has 1 aromatic heterocycles. The average molecular weight is 362 g/mol. The molecule has 5 nitrogen and oxygen atoms in total. The maximum atomic E-state index is 13.8. The fourth-order valence-electron chi connectivity index (χ4n) is 3.52. The molecular formula is C19H24F2N4O. The Kier molecular flexibility index (Phi) is 5.96. The van der Waals surface area contributed by atoms with Crippen molar-refractivity contribution < 1.29 is 13.6 Å². The number of aryl methyl sites for hydroxylation is 2. The van der Waals surface area contributed by atoms with E-state index in [1.165, 1.54) is 18.2 Å². The third-order valence-corrected chi connectivity index (χ3v) is 4.94. The van der Waals surface area contributed by atoms with Crippen molar-refractivity contribution in [1.29, 1.82) is 0 Å². The van der Waals surface area contributed by atoms with E-state index in [4.69, 9.17) is 0 Å². The van der Waals surface area contributed by atoms with Gasteiger partial charge in [0.25, 0.3) is 0 Å². The number of rotatable bonds is 6. The first-order chi connectivity index (χ1) is 12.5. The molecule has 0 radical (unpaired) electrons. The van der Waals surface area contributed by atoms with Crippen LogP contribution in [0.25, 0.3) is 0 Å². The summed E-state index contributed by atoms with van der Waals surface area (Å²) < 4.78 is 27.5. The van der Waals surface area contributed by atoms with E-state index in [1.54, 1.807) is 0 Å². The highest BCUT2D eigenvalue weighted by molar-refractivity contribution is 5.76. The Morgan fingerprint density at radius 1 is 1.31 bits per heavy atom. The van der Waals surface area contributed by atoms with E-state index in [0.29, 0.717) is 38.1 Å². The van der Waals surface area contributed by atoms with Gasteiger partial charge in [0.2, 0.25) is 5.91 Å². The molecule has 3 rings (SSSR count). The average Bonchev–Trinajstić information content (AvgIpc) is 3.05. The van der Waals surface area contributed by atoms with Gasteiger partial charge in [0.1, 0.15) is 17.5 Å². The largest absolute Gasteiger partial charge is 0.342 e. The molecule has 7 heteroatoms. The second-order valence-electron chi connectivity index (χ2n) is 6.92. The van der Waals surface area contributed by atoms with Gasteiger partial charge in [-0.25, -0.2) is 13.8 Å². The summed E-state index contributed by atoms with van der Waals surface area (Å²) in [6.07, 6.45) is 3.86. The number of carbonyl (C=O) groups excluding carboxylic acids is 1. The number of hydrogen-bond donors (Lipinski definition) is 1. The van der Waals surface area contributed by atoms with Crippen LogP contribution in [0.1, 0.15) is 42.9 Å². The van der Waals surface area contributed by atoms with Gasteiger partial charge in [0.15, 0.2) is 5.82 Å². The smallest absolute Gasteiger partial charge is 0.223 e. The van der Waals surface area contributed by atoms with Crippen LogP contribution in [0.3, 0.4) is 0 Å². The Labute approximate surface area is 151 Å². The predicted octanol–water partition coefficient (Wildman–Crippen LogP) is 3.20. The van der Waals surface area contributed by atoms with Gasteiger partial charge in [-0.1, -0.05) is 6.07 Å². The predicted molar refractivity (Wildman–Crippen MR) is 93.4 cm³/mol. The highest BCUT2D eigenvalue weighted by Crippen LogP contribution is 2.24. The number of halogens is 2. The van der Waals surface area contributed by atoms with Crippen molar-refractivity contribution in [3.8, 4) is 0 Å². The van der Waals surface area contributed by atoms with E-state index in [2.05, 4.69) is 15.2 Å². The lowest BCUT2D eigenvalue weighted by molar-refractivity contribution is -0.133. The third kappa shape index (κ3) is 4.65. The van der Waals surface area contributed by atoms with Crippen molar-refractivity contribution in [3.05, 3.63) is 47.0 Å². The van der Waals surface area contributed by atoms with Crippen molar-refractivity contribution in [3.63, 3.8) is 0 Å². The van der Waals surface area contributed by atoms with Crippen LogP contribution in [0, 0.1) is 24.5 Å². The molecule has 1 amide bonds. The molecule has 1 aromatic carbocycles. The van der Waals surface area contributed by atoms with Crippen molar-refractivity contribution in [1.82, 2.24) is 20.1 Å². The van der Waals surface area contributed by atoms with Crippen molar-refractivity contribution in [2.24, 2.45) is 5.92 Å². The molecule has 0 saturated carbocycles. The number of nitrogens with one attached hydrogen (secondary N) is 1. The lowest BCUT2D eigenvalue weighted by Crippen LogP contribution is -2.40. The van der Waals surface area contributed by atoms with Gasteiger partial charge in [0.05, 0.1) is 0 Å². The minimum absolute atomic E-state index is 0.0919. The Morgan fingerprint density at radius 2 is 2.08 bits per heavy atom. The monoisotopic (exact) mass is 362 g/mol. The molecule has 2 aromatic rings. The maximum Gasteiger partial charge on any atom is 0.223 e. The van der Waals surface area contributed by atoms with Crippen LogP contribution < -0.4 is 0 Å². The number of benzene rings is 1. The molecule has 1 aliphatic heterocycles. The molecule has 1 aliphatic rings. The van der Waals surface area contributed by atoms with Crippen molar-refractivity contribution in [2.75, 3.05) is 13.1 Å². The minimum atomic E-state index is -0.490. The molecule has 2 heterocycles. The zero-order chi connectivity index (χ0) is 18.5. The van der Waals surface area contributed by atoms with Gasteiger partial charge in [-0.15, -0.1) is 0 Å². The second-order valence-corrected chi connectivity index (χ2v) is 6.92. The van der Waals surface area contributed by atoms with Crippen LogP contribution in [0.15, 0.2) is 18.2 Å². The summed E-state index contributed by atoms with van der Waals surface area (Å²) in [4.78, 5) is 18.5. The molecular weight excluding hydrogens is 338 g/mol. The van der Waals surface area contributed by atoms with Crippen molar-refractivity contribution >= 4 is 5.91 Å². The molecule has 26 heavy (non-hydrogen) atoms. The summed E-state index contributed by atoms with van der Waals surface area (Å²) in [7, 11) is 0. The van der Waals surface area contributed by atoms with Crippen LogP contribution in [-0.2, 0) is 17.6 Å². The number of nitrogens with zero attached hydrogens (tertiary/aromatic N) is 3. The highest BCUT2D eigenvalue weighted by atomic mass is 19.1. The van der Waals surface area contributed by atoms with Gasteiger partial charge in [-0.05, 0) is 50.7 Å². The summed E-state index contributed by atoms with van der Waals surface area (Å²) >= 11 is 0. The Balaban J connectivity index is 1.49. The topological polar surface area (TPSA) is 61.9 Å². The SMILES string of the molecule is Cc1nc(CCC(=O)N2CCC[C@@H](CCc3c(F)cccc3F)C2)n[nH]1. The summed E-state index contributed by atoms with van der Waals surface area (Å²) in [5, 5.41) is 6.82. The minimum Gasteiger partial charge on any atom is -0.342 e. The van der Waals surface area contributed by atoms with E-state index >= 15 is 0 Å². The van der Waals surface area contributed by atoms with Crippen LogP contribution in [0.2, 0.25) is 0 Å². The van der Waals surface area contributed by atoms with Crippen molar-refractivity contribution in [2.45, 2.75) is 45.4 Å². The van der Waals surface area contributed by atoms with Gasteiger partial charge >= 0.3 is 0 Å². The van der Waals surface area contributed by atoms with Crippen LogP contribution in [0.5, 0.6) is 0 Å². The fourth-order valence-corrected chi connectivity index (χ4v) is 3.52. The molecule has 1 saturated heterocycles. The quantitative estimate of drug-likeness (QED) is 0.858. The molecule has 140 valence electrons. The fraction of sp³-hybridized carbons (Fsp3) is 0.526. The van der Waals surface area contributed by atoms with Crippen LogP contribution >= 0.6 is 0 Å². The number of aromatic nitrogens is 3. The first kappa shape index (κ1) is 18.5. The molecule has 1 N–H and O–H groups in total. The molecule has 0 aliphatic carbocycles. The van der Waals surface area contributed by atoms with Crippen LogP contribution in [0.4, 0.5) is 8.78 Å². The van der Waals surface area contributed by atoms with E-state index in [1.807, 2.05) is 11.8 Å². The lowest BCUT2D eigenvalue weighted by atomic mass is 9.91. The summed E-state index contributed by atoms with van der Waals surface area (Å²) in [6.45, 7) is 3.23. The second kappa shape index (κ2) is 8.38. The number of amides is 1. The number of carbonyl (C=O) groups is 1. The Hall–Kier alpha value is -2.31. The first-order valence-electron chi connectivity index (χ1n) is 9.11. The molecule has 0 bridgehead atoms. The molecule has 1 atom stereocenters. The van der Waals surface area contributed by atoms with E-state index < -0.39 is 11.6 Å². The number of likely N-dealkylation sites (tertiary alicyclic amines) is 1. The summed E-state index contributed by atoms with van der Waals surface area (Å²) in [5.41, 5.74) is 0.149. The molecule has 1 fully saturated rings. The number of H-pyrrole nitrogens is 1. The third-order valence-electron chi connectivity index (χ3n) is 4.94. The van der Waals surface area contributed by atoms with Gasteiger partial charge in [-0.2, -0.15) is 5.10 Å². The first-order valence-corrected chi connectivity index (χ1v) is 9.11. The van der Waals surface area contributed by atoms with Crippen LogP contribution in [-0.4, -0.2) is 39.1 Å². The summed E-state index contributed by atoms with van der Waals surface area (Å²) in [5.74, 6) is 0.781. The van der Waals surface area contributed by atoms with E-state index in [0.717, 1.165) is 25.2 Å². The van der Waals surface area contributed by atoms with E-state index in [9.17, 15) is 13.6 Å². The highest BCUT2D eigenvalue weighted by Gasteiger charge is 2.24. The normalized spacial score (nSPS) is 17.5. The Bertz CT molecular complexity index is 741. The standard InChI is InChI=1S/C19H24F2N4O/c1-13-22-18(24-23-13)9-10-19(26)25-11-3-4-14(12-25)7-8-15-16(20)5-2-6-17(15)21/h2,5-6,14H,3-4,7-12H2,1H3,(H,22,23,24)/t14-/m0/s1. The van der Waals surface area contributed by atoms with Gasteiger partial charge in [0, 0.05) is 31.5 Å². The zero-order valence-electron chi connectivity index (χ0n) is 15.0. The molecule has 0 spiro atoms. The number of hydrogen-bond acceptors (Lipinski definition) is 3. The maximum absolute atomic E-state index is 13.8. The number of aromatic amines is 1. The Morgan fingerprint density at radius 3 is 2.77 bits per heavy atom. The van der Waals surface area contributed by atoms with Gasteiger partial charge < -0.3 is 4.90 Å². The van der Waals surface area contributed by atoms with Gasteiger partial charge in [-0.3, -0.25) is 9.89 Å². The molecule has 0 unspecified atom stereocenters. The van der Waals surface area contributed by atoms with E-state index in [-0.39, 0.29) is 17.4 Å². The number of piperidine rings is 1. The zero-order valence-corrected chi connectivity index (χ0v) is 15.0. The lowest BCUT2D eigenvalue weighted by Gasteiger charge is -2.33. The summed E-state index contributed by atoms with van der Waals surface area (Å²) in [6, 6.07) is 3.96.